The molecule has 3 aromatic heterocycles. The standard InChI is InChI=1S/C89H53N7/c90-54-56-38-42-60(43-39-56)92(62-46-48-81-72(50-62)67-27-12-15-34-78(67)94(81)58-20-3-1-4-21-58)84-52-76-86(69-29-9-7-24-64(69)84)87-70-30-10-8-25-65(70)85(53-77(87)89(76)74-32-14-18-37-83(74)96-80-36-17-11-26-66(80)71-31-19-33-75(89)88(71)96)93(61-44-40-57(55-91)41-45-61)63-47-49-82-73(51-63)68-28-13-16-35-79(68)95(82)59-22-5-2-6-23-59/h1-53H. The Morgan fingerprint density at radius 3 is 1.10 bits per heavy atom. The number of nitrogens with zero attached hydrogens (tertiary/aromatic N) is 7. The highest BCUT2D eigenvalue weighted by molar-refractivity contribution is 6.22. The van der Waals surface area contributed by atoms with Crippen molar-refractivity contribution in [3.63, 3.8) is 0 Å². The molecule has 20 rings (SSSR count). The SMILES string of the molecule is N#Cc1ccc(N(c2ccc3c(c2)c2ccccc2n3-c2ccccc2)c2cc3c(c4ccccc24)-c2c(cc(N(c4ccc(C#N)cc4)c4ccc5c(c4)c4ccccc4n5-c4ccccc4)c4ccccc24)C32c3ccccc3-n3c4ccccc4c4cccc2c43)cc1. The monoisotopic (exact) mass is 1220 g/mol. The van der Waals surface area contributed by atoms with Crippen LogP contribution in [0.4, 0.5) is 34.1 Å². The van der Waals surface area contributed by atoms with E-state index < -0.39 is 5.41 Å². The second kappa shape index (κ2) is 20.4. The van der Waals surface area contributed by atoms with Gasteiger partial charge in [-0.25, -0.2) is 0 Å². The Morgan fingerprint density at radius 2 is 0.625 bits per heavy atom. The van der Waals surface area contributed by atoms with E-state index >= 15 is 0 Å². The second-order valence-electron chi connectivity index (χ2n) is 25.3. The summed E-state index contributed by atoms with van der Waals surface area (Å²) in [6.45, 7) is 0. The summed E-state index contributed by atoms with van der Waals surface area (Å²) in [6.07, 6.45) is 0. The first-order valence-electron chi connectivity index (χ1n) is 32.6. The number of hydrogen-bond donors (Lipinski definition) is 0. The maximum absolute atomic E-state index is 10.4. The van der Waals surface area contributed by atoms with Gasteiger partial charge in [0.1, 0.15) is 0 Å². The first-order valence-corrected chi connectivity index (χ1v) is 32.6. The van der Waals surface area contributed by atoms with Crippen LogP contribution in [0, 0.1) is 22.7 Å². The summed E-state index contributed by atoms with van der Waals surface area (Å²) in [4.78, 5) is 4.86. The number of para-hydroxylation sites is 7. The van der Waals surface area contributed by atoms with Crippen LogP contribution in [-0.4, -0.2) is 13.7 Å². The number of fused-ring (bicyclic) bond motifs is 22. The van der Waals surface area contributed by atoms with Gasteiger partial charge in [-0.15, -0.1) is 0 Å². The van der Waals surface area contributed by atoms with Crippen molar-refractivity contribution < 1.29 is 0 Å². The molecule has 0 amide bonds. The zero-order valence-electron chi connectivity index (χ0n) is 51.7. The Bertz CT molecular complexity index is 6110. The summed E-state index contributed by atoms with van der Waals surface area (Å²) >= 11 is 0. The smallest absolute Gasteiger partial charge is 0.0991 e. The summed E-state index contributed by atoms with van der Waals surface area (Å²) in [5, 5.41) is 32.1. The van der Waals surface area contributed by atoms with E-state index in [1.54, 1.807) is 0 Å². The van der Waals surface area contributed by atoms with E-state index in [-0.39, 0.29) is 0 Å². The van der Waals surface area contributed by atoms with Gasteiger partial charge in [-0.1, -0.05) is 176 Å². The van der Waals surface area contributed by atoms with E-state index in [0.29, 0.717) is 11.1 Å². The van der Waals surface area contributed by atoms with E-state index in [2.05, 4.69) is 333 Å². The Labute approximate surface area is 552 Å². The van der Waals surface area contributed by atoms with Crippen LogP contribution < -0.4 is 9.80 Å². The van der Waals surface area contributed by atoms with Crippen LogP contribution in [0.2, 0.25) is 0 Å². The number of hydrogen-bond acceptors (Lipinski definition) is 4. The lowest BCUT2D eigenvalue weighted by Crippen LogP contribution is -2.34. The number of anilines is 6. The third kappa shape index (κ3) is 7.34. The predicted molar refractivity (Wildman–Crippen MR) is 394 cm³/mol. The van der Waals surface area contributed by atoms with Gasteiger partial charge in [0, 0.05) is 77.2 Å². The molecule has 444 valence electrons. The molecule has 4 heterocycles. The van der Waals surface area contributed by atoms with Crippen molar-refractivity contribution in [2.75, 3.05) is 9.80 Å². The molecule has 15 aromatic carbocycles. The zero-order valence-corrected chi connectivity index (χ0v) is 51.7. The van der Waals surface area contributed by atoms with Crippen LogP contribution in [0.3, 0.4) is 0 Å². The molecule has 0 unspecified atom stereocenters. The van der Waals surface area contributed by atoms with Crippen molar-refractivity contribution in [1.82, 2.24) is 13.7 Å². The van der Waals surface area contributed by atoms with Crippen molar-refractivity contribution in [3.8, 4) is 40.3 Å². The molecule has 96 heavy (non-hydrogen) atoms. The molecule has 2 aliphatic rings. The Hall–Kier alpha value is -13.2. The second-order valence-corrected chi connectivity index (χ2v) is 25.3. The molecule has 0 atom stereocenters. The van der Waals surface area contributed by atoms with Crippen LogP contribution in [0.1, 0.15) is 33.4 Å². The van der Waals surface area contributed by atoms with Gasteiger partial charge < -0.3 is 23.5 Å². The van der Waals surface area contributed by atoms with Crippen LogP contribution in [0.25, 0.3) is 115 Å². The zero-order chi connectivity index (χ0) is 63.3. The highest BCUT2D eigenvalue weighted by atomic mass is 15.2. The van der Waals surface area contributed by atoms with Gasteiger partial charge in [-0.2, -0.15) is 10.5 Å². The molecule has 0 N–H and O–H groups in total. The molecule has 1 aliphatic carbocycles. The maximum Gasteiger partial charge on any atom is 0.0991 e. The summed E-state index contributed by atoms with van der Waals surface area (Å²) in [5.41, 5.74) is 23.3. The lowest BCUT2D eigenvalue weighted by molar-refractivity contribution is 0.749. The number of benzene rings is 15. The fraction of sp³-hybridized carbons (Fsp3) is 0.0112. The van der Waals surface area contributed by atoms with Crippen molar-refractivity contribution in [3.05, 3.63) is 355 Å². The molecule has 0 fully saturated rings. The molecule has 18 aromatic rings. The van der Waals surface area contributed by atoms with Crippen LogP contribution in [-0.2, 0) is 5.41 Å². The summed E-state index contributed by atoms with van der Waals surface area (Å²) in [7, 11) is 0. The molecule has 0 bridgehead atoms. The van der Waals surface area contributed by atoms with Crippen molar-refractivity contribution in [2.24, 2.45) is 0 Å². The topological polar surface area (TPSA) is 68.8 Å². The van der Waals surface area contributed by atoms with Crippen molar-refractivity contribution >= 4 is 121 Å². The van der Waals surface area contributed by atoms with Gasteiger partial charge >= 0.3 is 0 Å². The van der Waals surface area contributed by atoms with E-state index in [1.165, 1.54) is 49.7 Å². The molecular formula is C89H53N7. The van der Waals surface area contributed by atoms with Gasteiger partial charge in [0.05, 0.1) is 78.8 Å². The van der Waals surface area contributed by atoms with Gasteiger partial charge in [0.15, 0.2) is 0 Å². The number of aromatic nitrogens is 3. The summed E-state index contributed by atoms with van der Waals surface area (Å²) < 4.78 is 7.27. The normalized spacial score (nSPS) is 12.6. The molecule has 1 spiro atoms. The summed E-state index contributed by atoms with van der Waals surface area (Å²) in [6, 6.07) is 122. The predicted octanol–water partition coefficient (Wildman–Crippen LogP) is 22.6. The van der Waals surface area contributed by atoms with E-state index in [0.717, 1.165) is 122 Å². The minimum absolute atomic E-state index is 0.590. The van der Waals surface area contributed by atoms with Gasteiger partial charge in [-0.05, 0) is 190 Å². The quantitative estimate of drug-likeness (QED) is 0.152. The average molecular weight is 1220 g/mol. The van der Waals surface area contributed by atoms with Crippen LogP contribution >= 0.6 is 0 Å². The molecule has 7 heteroatoms. The van der Waals surface area contributed by atoms with Gasteiger partial charge in [-0.3, -0.25) is 0 Å². The molecule has 7 nitrogen and oxygen atoms in total. The lowest BCUT2D eigenvalue weighted by Gasteiger charge is -2.40. The lowest BCUT2D eigenvalue weighted by atomic mass is 9.65. The molecule has 0 saturated carbocycles. The van der Waals surface area contributed by atoms with E-state index in [1.807, 2.05) is 24.3 Å². The molecule has 0 radical (unpaired) electrons. The molecule has 0 saturated heterocycles. The van der Waals surface area contributed by atoms with Crippen molar-refractivity contribution in [1.29, 1.82) is 10.5 Å². The summed E-state index contributed by atoms with van der Waals surface area (Å²) in [5.74, 6) is 0. The van der Waals surface area contributed by atoms with E-state index in [9.17, 15) is 10.5 Å². The van der Waals surface area contributed by atoms with Crippen molar-refractivity contribution in [2.45, 2.75) is 5.41 Å². The highest BCUT2D eigenvalue weighted by Gasteiger charge is 2.53. The van der Waals surface area contributed by atoms with E-state index in [4.69, 9.17) is 0 Å². The minimum Gasteiger partial charge on any atom is -0.310 e. The fourth-order valence-electron chi connectivity index (χ4n) is 16.8. The first-order chi connectivity index (χ1) is 47.6. The van der Waals surface area contributed by atoms with Gasteiger partial charge in [0.2, 0.25) is 0 Å². The first kappa shape index (κ1) is 53.5. The number of nitriles is 2. The largest absolute Gasteiger partial charge is 0.310 e. The molecular weight excluding hydrogens is 1170 g/mol. The third-order valence-corrected chi connectivity index (χ3v) is 20.6. The minimum atomic E-state index is -0.949. The van der Waals surface area contributed by atoms with Gasteiger partial charge in [0.25, 0.3) is 0 Å². The Balaban J connectivity index is 0.924. The Morgan fingerprint density at radius 1 is 0.260 bits per heavy atom. The fourth-order valence-corrected chi connectivity index (χ4v) is 16.8. The average Bonchev–Trinajstić information content (AvgIpc) is 1.47. The third-order valence-electron chi connectivity index (χ3n) is 20.6. The maximum atomic E-state index is 10.4. The number of rotatable bonds is 8. The highest BCUT2D eigenvalue weighted by Crippen LogP contribution is 2.66. The Kier molecular flexibility index (Phi) is 11.4. The molecule has 1 aliphatic heterocycles. The van der Waals surface area contributed by atoms with Crippen LogP contribution in [0.15, 0.2) is 322 Å². The van der Waals surface area contributed by atoms with Crippen LogP contribution in [0.5, 0.6) is 0 Å².